The van der Waals surface area contributed by atoms with Gasteiger partial charge in [-0.25, -0.2) is 0 Å². The largest absolute Gasteiger partial charge is 0.369 e. The molecular formula is C14H14Cl2N2O2. The van der Waals surface area contributed by atoms with Gasteiger partial charge in [-0.3, -0.25) is 9.59 Å². The van der Waals surface area contributed by atoms with E-state index in [-0.39, 0.29) is 17.7 Å². The molecule has 1 unspecified atom stereocenters. The van der Waals surface area contributed by atoms with Crippen LogP contribution >= 0.6 is 23.2 Å². The van der Waals surface area contributed by atoms with Crippen molar-refractivity contribution < 1.29 is 9.59 Å². The van der Waals surface area contributed by atoms with E-state index in [2.05, 4.69) is 0 Å². The Morgan fingerprint density at radius 3 is 2.50 bits per heavy atom. The predicted octanol–water partition coefficient (Wildman–Crippen LogP) is 2.34. The molecule has 0 aromatic heterocycles. The van der Waals surface area contributed by atoms with Crippen LogP contribution in [0.3, 0.4) is 0 Å². The van der Waals surface area contributed by atoms with Crippen molar-refractivity contribution in [3.63, 3.8) is 0 Å². The molecule has 2 N–H and O–H groups in total. The van der Waals surface area contributed by atoms with Gasteiger partial charge in [0.15, 0.2) is 0 Å². The Balaban J connectivity index is 2.05. The number of halogens is 2. The van der Waals surface area contributed by atoms with Crippen LogP contribution in [-0.2, 0) is 9.59 Å². The maximum absolute atomic E-state index is 12.0. The summed E-state index contributed by atoms with van der Waals surface area (Å²) in [4.78, 5) is 24.7. The van der Waals surface area contributed by atoms with Crippen LogP contribution in [0, 0.1) is 5.92 Å². The Morgan fingerprint density at radius 1 is 1.30 bits per heavy atom. The molecule has 1 heterocycles. The molecule has 1 saturated heterocycles. The van der Waals surface area contributed by atoms with Gasteiger partial charge in [-0.15, -0.1) is 0 Å². The molecule has 0 saturated carbocycles. The van der Waals surface area contributed by atoms with Crippen LogP contribution in [0.1, 0.15) is 12.0 Å². The Kier molecular flexibility index (Phi) is 4.68. The molecule has 0 spiro atoms. The van der Waals surface area contributed by atoms with Crippen molar-refractivity contribution in [1.29, 1.82) is 0 Å². The van der Waals surface area contributed by atoms with Crippen LogP contribution in [0.2, 0.25) is 10.0 Å². The van der Waals surface area contributed by atoms with Crippen molar-refractivity contribution in [3.05, 3.63) is 39.9 Å². The number of hydrogen-bond donors (Lipinski definition) is 1. The average Bonchev–Trinajstić information content (AvgIpc) is 2.87. The summed E-state index contributed by atoms with van der Waals surface area (Å²) in [7, 11) is 0. The van der Waals surface area contributed by atoms with Gasteiger partial charge in [0.25, 0.3) is 0 Å². The van der Waals surface area contributed by atoms with E-state index >= 15 is 0 Å². The van der Waals surface area contributed by atoms with E-state index in [4.69, 9.17) is 28.9 Å². The highest BCUT2D eigenvalue weighted by Gasteiger charge is 2.28. The van der Waals surface area contributed by atoms with Crippen LogP contribution in [0.15, 0.2) is 24.3 Å². The van der Waals surface area contributed by atoms with Crippen LogP contribution in [-0.4, -0.2) is 29.8 Å². The molecule has 1 aromatic rings. The van der Waals surface area contributed by atoms with Crippen molar-refractivity contribution in [3.8, 4) is 0 Å². The van der Waals surface area contributed by atoms with Crippen molar-refractivity contribution in [1.82, 2.24) is 4.90 Å². The smallest absolute Gasteiger partial charge is 0.246 e. The maximum Gasteiger partial charge on any atom is 0.246 e. The lowest BCUT2D eigenvalue weighted by Crippen LogP contribution is -2.30. The molecule has 1 atom stereocenters. The second-order valence-electron chi connectivity index (χ2n) is 4.64. The molecule has 1 aliphatic heterocycles. The lowest BCUT2D eigenvalue weighted by atomic mass is 10.1. The summed E-state index contributed by atoms with van der Waals surface area (Å²) in [5, 5.41) is 0.968. The fourth-order valence-corrected chi connectivity index (χ4v) is 2.65. The second kappa shape index (κ2) is 6.29. The molecule has 20 heavy (non-hydrogen) atoms. The quantitative estimate of drug-likeness (QED) is 0.871. The fraction of sp³-hybridized carbons (Fsp3) is 0.286. The summed E-state index contributed by atoms with van der Waals surface area (Å²) in [6, 6.07) is 5.15. The molecule has 4 nitrogen and oxygen atoms in total. The van der Waals surface area contributed by atoms with Crippen molar-refractivity contribution in [2.24, 2.45) is 11.7 Å². The first-order valence-corrected chi connectivity index (χ1v) is 6.95. The topological polar surface area (TPSA) is 63.4 Å². The van der Waals surface area contributed by atoms with E-state index in [9.17, 15) is 9.59 Å². The normalized spacial score (nSPS) is 18.7. The lowest BCUT2D eigenvalue weighted by molar-refractivity contribution is -0.125. The molecule has 1 aliphatic rings. The minimum absolute atomic E-state index is 0.176. The lowest BCUT2D eigenvalue weighted by Gasteiger charge is -2.13. The second-order valence-corrected chi connectivity index (χ2v) is 5.46. The van der Waals surface area contributed by atoms with Gasteiger partial charge < -0.3 is 10.6 Å². The van der Waals surface area contributed by atoms with Gasteiger partial charge in [0.05, 0.1) is 5.92 Å². The number of likely N-dealkylation sites (tertiary alicyclic amines) is 1. The third-order valence-electron chi connectivity index (χ3n) is 3.29. The third kappa shape index (κ3) is 3.32. The van der Waals surface area contributed by atoms with Crippen LogP contribution in [0.5, 0.6) is 0 Å². The molecule has 0 radical (unpaired) electrons. The highest BCUT2D eigenvalue weighted by Crippen LogP contribution is 2.25. The number of primary amides is 1. The number of amides is 2. The Bertz CT molecular complexity index is 552. The zero-order valence-corrected chi connectivity index (χ0v) is 12.2. The number of carbonyl (C=O) groups is 2. The zero-order chi connectivity index (χ0) is 14.7. The molecule has 1 fully saturated rings. The summed E-state index contributed by atoms with van der Waals surface area (Å²) in [5.74, 6) is -0.792. The monoisotopic (exact) mass is 312 g/mol. The van der Waals surface area contributed by atoms with Crippen molar-refractivity contribution in [2.75, 3.05) is 13.1 Å². The van der Waals surface area contributed by atoms with Gasteiger partial charge in [0.2, 0.25) is 11.8 Å². The average molecular weight is 313 g/mol. The molecular weight excluding hydrogens is 299 g/mol. The summed E-state index contributed by atoms with van der Waals surface area (Å²) in [6.07, 6.45) is 3.61. The number of hydrogen-bond acceptors (Lipinski definition) is 2. The van der Waals surface area contributed by atoms with E-state index in [0.29, 0.717) is 35.1 Å². The summed E-state index contributed by atoms with van der Waals surface area (Å²) < 4.78 is 0. The number of nitrogens with two attached hydrogens (primary N) is 1. The SMILES string of the molecule is NC(=O)C1CCN(C(=O)/C=C/c2c(Cl)cccc2Cl)C1. The highest BCUT2D eigenvalue weighted by atomic mass is 35.5. The Labute approximate surface area is 127 Å². The van der Waals surface area contributed by atoms with E-state index in [0.717, 1.165) is 0 Å². The molecule has 1 aromatic carbocycles. The number of carbonyl (C=O) groups excluding carboxylic acids is 2. The summed E-state index contributed by atoms with van der Waals surface area (Å²) in [5.41, 5.74) is 5.84. The molecule has 0 bridgehead atoms. The molecule has 0 aliphatic carbocycles. The minimum atomic E-state index is -0.363. The fourth-order valence-electron chi connectivity index (χ4n) is 2.12. The molecule has 106 valence electrons. The van der Waals surface area contributed by atoms with Crippen LogP contribution in [0.25, 0.3) is 6.08 Å². The van der Waals surface area contributed by atoms with Crippen LogP contribution in [0.4, 0.5) is 0 Å². The van der Waals surface area contributed by atoms with Gasteiger partial charge >= 0.3 is 0 Å². The number of benzene rings is 1. The first kappa shape index (κ1) is 14.9. The predicted molar refractivity (Wildman–Crippen MR) is 79.4 cm³/mol. The van der Waals surface area contributed by atoms with E-state index in [1.54, 1.807) is 29.2 Å². The Morgan fingerprint density at radius 2 is 1.95 bits per heavy atom. The first-order chi connectivity index (χ1) is 9.49. The summed E-state index contributed by atoms with van der Waals surface area (Å²) in [6.45, 7) is 0.905. The maximum atomic E-state index is 12.0. The van der Waals surface area contributed by atoms with E-state index in [1.165, 1.54) is 6.08 Å². The standard InChI is InChI=1S/C14H14Cl2N2O2/c15-11-2-1-3-12(16)10(11)4-5-13(19)18-7-6-9(8-18)14(17)20/h1-5,9H,6-8H2,(H2,17,20)/b5-4+. The molecule has 2 amide bonds. The molecule has 2 rings (SSSR count). The summed E-state index contributed by atoms with van der Waals surface area (Å²) >= 11 is 12.0. The first-order valence-electron chi connectivity index (χ1n) is 6.19. The third-order valence-corrected chi connectivity index (χ3v) is 3.95. The van der Waals surface area contributed by atoms with Gasteiger partial charge in [-0.1, -0.05) is 29.3 Å². The van der Waals surface area contributed by atoms with Crippen molar-refractivity contribution in [2.45, 2.75) is 6.42 Å². The van der Waals surface area contributed by atoms with Gasteiger partial charge in [0, 0.05) is 34.8 Å². The highest BCUT2D eigenvalue weighted by molar-refractivity contribution is 6.37. The Hall–Kier alpha value is -1.52. The van der Waals surface area contributed by atoms with E-state index in [1.807, 2.05) is 0 Å². The van der Waals surface area contributed by atoms with E-state index < -0.39 is 0 Å². The number of nitrogens with zero attached hydrogens (tertiary/aromatic N) is 1. The van der Waals surface area contributed by atoms with Gasteiger partial charge in [0.1, 0.15) is 0 Å². The van der Waals surface area contributed by atoms with Crippen molar-refractivity contribution >= 4 is 41.1 Å². The number of rotatable bonds is 3. The zero-order valence-electron chi connectivity index (χ0n) is 10.7. The molecule has 6 heteroatoms. The van der Waals surface area contributed by atoms with Gasteiger partial charge in [-0.05, 0) is 24.6 Å². The van der Waals surface area contributed by atoms with Crippen LogP contribution < -0.4 is 5.73 Å². The minimum Gasteiger partial charge on any atom is -0.369 e. The van der Waals surface area contributed by atoms with Gasteiger partial charge in [-0.2, -0.15) is 0 Å².